The average Bonchev–Trinajstić information content (AvgIpc) is 2.85. The number of fused-ring (bicyclic) bond motifs is 1. The van der Waals surface area contributed by atoms with Gasteiger partial charge >= 0.3 is 0 Å². The lowest BCUT2D eigenvalue weighted by molar-refractivity contribution is 0.488. The number of benzene rings is 1. The van der Waals surface area contributed by atoms with Crippen LogP contribution in [0.3, 0.4) is 0 Å². The van der Waals surface area contributed by atoms with E-state index in [1.165, 1.54) is 41.7 Å². The van der Waals surface area contributed by atoms with Crippen molar-refractivity contribution in [1.29, 1.82) is 0 Å². The Morgan fingerprint density at radius 3 is 2.75 bits per heavy atom. The van der Waals surface area contributed by atoms with Gasteiger partial charge in [-0.25, -0.2) is 4.39 Å². The predicted octanol–water partition coefficient (Wildman–Crippen LogP) is 5.66. The van der Waals surface area contributed by atoms with E-state index in [2.05, 4.69) is 25.2 Å². The number of hydrogen-bond acceptors (Lipinski definition) is 2. The fourth-order valence-electron chi connectivity index (χ4n) is 2.57. The zero-order valence-corrected chi connectivity index (χ0v) is 13.2. The summed E-state index contributed by atoms with van der Waals surface area (Å²) in [5, 5.41) is 4.60. The van der Waals surface area contributed by atoms with Crippen LogP contribution >= 0.6 is 11.3 Å². The van der Waals surface area contributed by atoms with Crippen molar-refractivity contribution in [3.05, 3.63) is 35.0 Å². The maximum Gasteiger partial charge on any atom is 0.123 e. The minimum atomic E-state index is -0.148. The number of nitrogens with one attached hydrogen (secondary N) is 1. The van der Waals surface area contributed by atoms with Crippen molar-refractivity contribution < 1.29 is 4.39 Å². The molecule has 3 heteroatoms. The van der Waals surface area contributed by atoms with Gasteiger partial charge in [0.2, 0.25) is 0 Å². The zero-order valence-electron chi connectivity index (χ0n) is 12.4. The van der Waals surface area contributed by atoms with Crippen molar-refractivity contribution in [2.75, 3.05) is 6.54 Å². The Hall–Kier alpha value is -0.930. The monoisotopic (exact) mass is 293 g/mol. The number of halogens is 1. The van der Waals surface area contributed by atoms with Gasteiger partial charge in [0.15, 0.2) is 0 Å². The minimum Gasteiger partial charge on any atom is -0.310 e. The number of unbranched alkanes of at least 4 members (excludes halogenated alkanes) is 3. The highest BCUT2D eigenvalue weighted by Crippen LogP contribution is 2.32. The molecule has 1 aromatic carbocycles. The largest absolute Gasteiger partial charge is 0.310 e. The first-order valence-electron chi connectivity index (χ1n) is 7.67. The molecule has 0 spiro atoms. The van der Waals surface area contributed by atoms with Gasteiger partial charge < -0.3 is 5.32 Å². The highest BCUT2D eigenvalue weighted by molar-refractivity contribution is 7.19. The normalized spacial score (nSPS) is 12.9. The highest BCUT2D eigenvalue weighted by atomic mass is 32.1. The van der Waals surface area contributed by atoms with E-state index in [9.17, 15) is 4.39 Å². The third-order valence-electron chi connectivity index (χ3n) is 3.64. The third kappa shape index (κ3) is 4.03. The van der Waals surface area contributed by atoms with Crippen LogP contribution < -0.4 is 5.32 Å². The molecule has 1 aromatic heterocycles. The second-order valence-corrected chi connectivity index (χ2v) is 6.41. The molecule has 0 aliphatic carbocycles. The minimum absolute atomic E-state index is 0.148. The summed E-state index contributed by atoms with van der Waals surface area (Å²) < 4.78 is 14.5. The molecular weight excluding hydrogens is 269 g/mol. The van der Waals surface area contributed by atoms with Crippen molar-refractivity contribution >= 4 is 21.4 Å². The Bertz CT molecular complexity index is 535. The summed E-state index contributed by atoms with van der Waals surface area (Å²) >= 11 is 1.79. The van der Waals surface area contributed by atoms with Crippen LogP contribution in [0.1, 0.15) is 56.9 Å². The van der Waals surface area contributed by atoms with Gasteiger partial charge in [-0.15, -0.1) is 11.3 Å². The van der Waals surface area contributed by atoms with Crippen molar-refractivity contribution in [2.24, 2.45) is 0 Å². The van der Waals surface area contributed by atoms with Crippen LogP contribution in [0.15, 0.2) is 24.3 Å². The Kier molecular flexibility index (Phi) is 5.99. The Labute approximate surface area is 125 Å². The first-order chi connectivity index (χ1) is 9.74. The van der Waals surface area contributed by atoms with Crippen molar-refractivity contribution in [3.63, 3.8) is 0 Å². The van der Waals surface area contributed by atoms with E-state index in [1.807, 2.05) is 6.07 Å². The van der Waals surface area contributed by atoms with E-state index >= 15 is 0 Å². The second-order valence-electron chi connectivity index (χ2n) is 5.29. The Balaban J connectivity index is 2.09. The summed E-state index contributed by atoms with van der Waals surface area (Å²) in [6, 6.07) is 7.63. The van der Waals surface area contributed by atoms with Crippen LogP contribution in [0.5, 0.6) is 0 Å². The van der Waals surface area contributed by atoms with E-state index in [0.717, 1.165) is 11.9 Å². The number of hydrogen-bond donors (Lipinski definition) is 1. The Morgan fingerprint density at radius 1 is 1.15 bits per heavy atom. The fraction of sp³-hybridized carbons (Fsp3) is 0.529. The molecular formula is C17H24FNS. The van der Waals surface area contributed by atoms with Crippen molar-refractivity contribution in [1.82, 2.24) is 5.32 Å². The summed E-state index contributed by atoms with van der Waals surface area (Å²) in [4.78, 5) is 1.34. The van der Waals surface area contributed by atoms with Crippen LogP contribution in [0.25, 0.3) is 10.1 Å². The molecule has 0 aliphatic heterocycles. The summed E-state index contributed by atoms with van der Waals surface area (Å²) in [6.45, 7) is 5.36. The van der Waals surface area contributed by atoms with Gasteiger partial charge in [-0.2, -0.15) is 0 Å². The van der Waals surface area contributed by atoms with Gasteiger partial charge in [0.05, 0.1) is 0 Å². The second kappa shape index (κ2) is 7.75. The maximum atomic E-state index is 13.3. The first kappa shape index (κ1) is 15.5. The van der Waals surface area contributed by atoms with Crippen LogP contribution in [0.2, 0.25) is 0 Å². The zero-order chi connectivity index (χ0) is 14.4. The van der Waals surface area contributed by atoms with Gasteiger partial charge in [-0.3, -0.25) is 0 Å². The smallest absolute Gasteiger partial charge is 0.123 e. The molecule has 1 heterocycles. The molecule has 0 bridgehead atoms. The van der Waals surface area contributed by atoms with Gasteiger partial charge in [0.25, 0.3) is 0 Å². The average molecular weight is 293 g/mol. The first-order valence-corrected chi connectivity index (χ1v) is 8.48. The molecule has 0 radical (unpaired) electrons. The molecule has 1 atom stereocenters. The van der Waals surface area contributed by atoms with Gasteiger partial charge in [-0.1, -0.05) is 39.5 Å². The quantitative estimate of drug-likeness (QED) is 0.619. The molecule has 2 aromatic rings. The fourth-order valence-corrected chi connectivity index (χ4v) is 3.73. The number of thiophene rings is 1. The topological polar surface area (TPSA) is 12.0 Å². The van der Waals surface area contributed by atoms with Crippen LogP contribution in [-0.2, 0) is 0 Å². The third-order valence-corrected chi connectivity index (χ3v) is 4.87. The summed E-state index contributed by atoms with van der Waals surface area (Å²) in [7, 11) is 0. The van der Waals surface area contributed by atoms with Gasteiger partial charge in [0.1, 0.15) is 5.82 Å². The number of rotatable bonds is 8. The summed E-state index contributed by atoms with van der Waals surface area (Å²) in [6.07, 6.45) is 6.32. The highest BCUT2D eigenvalue weighted by Gasteiger charge is 2.13. The van der Waals surface area contributed by atoms with Crippen molar-refractivity contribution in [2.45, 2.75) is 52.0 Å². The van der Waals surface area contributed by atoms with E-state index in [4.69, 9.17) is 0 Å². The SMILES string of the molecule is CCCCCCC(NCC)c1cc2cc(F)ccc2s1. The van der Waals surface area contributed by atoms with E-state index < -0.39 is 0 Å². The molecule has 0 saturated carbocycles. The lowest BCUT2D eigenvalue weighted by Crippen LogP contribution is -2.19. The molecule has 110 valence electrons. The summed E-state index contributed by atoms with van der Waals surface area (Å²) in [5.74, 6) is -0.148. The molecule has 1 unspecified atom stereocenters. The summed E-state index contributed by atoms with van der Waals surface area (Å²) in [5.41, 5.74) is 0. The van der Waals surface area contributed by atoms with Gasteiger partial charge in [-0.05, 0) is 42.6 Å². The van der Waals surface area contributed by atoms with Crippen LogP contribution in [0.4, 0.5) is 4.39 Å². The van der Waals surface area contributed by atoms with E-state index in [1.54, 1.807) is 23.5 Å². The molecule has 0 aliphatic rings. The van der Waals surface area contributed by atoms with E-state index in [0.29, 0.717) is 6.04 Å². The molecule has 0 amide bonds. The molecule has 2 rings (SSSR count). The van der Waals surface area contributed by atoms with Crippen LogP contribution in [0, 0.1) is 5.82 Å². The lowest BCUT2D eigenvalue weighted by Gasteiger charge is -2.16. The lowest BCUT2D eigenvalue weighted by atomic mass is 10.1. The van der Waals surface area contributed by atoms with Crippen molar-refractivity contribution in [3.8, 4) is 0 Å². The standard InChI is InChI=1S/C17H24FNS/c1-3-5-6-7-8-15(19-4-2)17-12-13-11-14(18)9-10-16(13)20-17/h9-12,15,19H,3-8H2,1-2H3. The molecule has 0 saturated heterocycles. The van der Waals surface area contributed by atoms with Crippen LogP contribution in [-0.4, -0.2) is 6.54 Å². The molecule has 1 nitrogen and oxygen atoms in total. The molecule has 20 heavy (non-hydrogen) atoms. The van der Waals surface area contributed by atoms with Gasteiger partial charge in [0, 0.05) is 15.6 Å². The molecule has 0 fully saturated rings. The predicted molar refractivity (Wildman–Crippen MR) is 87.0 cm³/mol. The maximum absolute atomic E-state index is 13.3. The Morgan fingerprint density at radius 2 is 2.00 bits per heavy atom. The molecule has 1 N–H and O–H groups in total. The van der Waals surface area contributed by atoms with E-state index in [-0.39, 0.29) is 5.82 Å².